The molecule has 1 aromatic carbocycles. The molecule has 0 atom stereocenters. The molecule has 0 amide bonds. The lowest BCUT2D eigenvalue weighted by molar-refractivity contribution is -0.138. The SMILES string of the molecule is C=Nc1ccc(CN2CCN(C)CC2)c(C(F)(F)F)c1. The van der Waals surface area contributed by atoms with E-state index in [0.717, 1.165) is 32.2 Å². The molecule has 1 fully saturated rings. The molecule has 110 valence electrons. The van der Waals surface area contributed by atoms with E-state index in [4.69, 9.17) is 0 Å². The normalized spacial score (nSPS) is 18.2. The summed E-state index contributed by atoms with van der Waals surface area (Å²) in [5.41, 5.74) is -0.0600. The third-order valence-corrected chi connectivity index (χ3v) is 3.57. The molecule has 2 rings (SSSR count). The van der Waals surface area contributed by atoms with Crippen molar-refractivity contribution in [1.82, 2.24) is 9.80 Å². The maximum atomic E-state index is 13.1. The lowest BCUT2D eigenvalue weighted by Crippen LogP contribution is -2.44. The molecule has 0 spiro atoms. The first kappa shape index (κ1) is 15.0. The molecule has 0 aliphatic carbocycles. The molecule has 0 saturated carbocycles. The molecule has 1 aliphatic heterocycles. The van der Waals surface area contributed by atoms with E-state index in [1.165, 1.54) is 6.07 Å². The fourth-order valence-electron chi connectivity index (χ4n) is 2.31. The van der Waals surface area contributed by atoms with E-state index in [1.807, 2.05) is 11.9 Å². The topological polar surface area (TPSA) is 18.8 Å². The molecular formula is C14H18F3N3. The van der Waals surface area contributed by atoms with Crippen LogP contribution in [0.5, 0.6) is 0 Å². The molecule has 0 unspecified atom stereocenters. The van der Waals surface area contributed by atoms with Crippen molar-refractivity contribution in [3.8, 4) is 0 Å². The summed E-state index contributed by atoms with van der Waals surface area (Å²) in [6, 6.07) is 4.15. The zero-order valence-corrected chi connectivity index (χ0v) is 11.5. The Labute approximate surface area is 116 Å². The quantitative estimate of drug-likeness (QED) is 0.795. The summed E-state index contributed by atoms with van der Waals surface area (Å²) in [5.74, 6) is 0. The fraction of sp³-hybridized carbons (Fsp3) is 0.500. The number of piperazine rings is 1. The molecule has 0 bridgehead atoms. The minimum absolute atomic E-state index is 0.249. The summed E-state index contributed by atoms with van der Waals surface area (Å²) in [4.78, 5) is 7.79. The van der Waals surface area contributed by atoms with Crippen LogP contribution < -0.4 is 0 Å². The van der Waals surface area contributed by atoms with Crippen molar-refractivity contribution >= 4 is 12.4 Å². The van der Waals surface area contributed by atoms with Crippen LogP contribution in [0.25, 0.3) is 0 Å². The Morgan fingerprint density at radius 1 is 1.20 bits per heavy atom. The second-order valence-electron chi connectivity index (χ2n) is 5.08. The molecule has 0 N–H and O–H groups in total. The van der Waals surface area contributed by atoms with Gasteiger partial charge in [-0.1, -0.05) is 6.07 Å². The van der Waals surface area contributed by atoms with Gasteiger partial charge in [0, 0.05) is 32.7 Å². The Bertz CT molecular complexity index is 477. The molecule has 0 radical (unpaired) electrons. The summed E-state index contributed by atoms with van der Waals surface area (Å²) in [6.07, 6.45) is -4.36. The van der Waals surface area contributed by atoms with Gasteiger partial charge in [0.2, 0.25) is 0 Å². The van der Waals surface area contributed by atoms with Crippen LogP contribution in [0.4, 0.5) is 18.9 Å². The van der Waals surface area contributed by atoms with Crippen LogP contribution in [0, 0.1) is 0 Å². The van der Waals surface area contributed by atoms with Gasteiger partial charge in [0.1, 0.15) is 0 Å². The number of likely N-dealkylation sites (N-methyl/N-ethyl adjacent to an activating group) is 1. The molecule has 1 saturated heterocycles. The molecule has 1 heterocycles. The molecular weight excluding hydrogens is 267 g/mol. The third kappa shape index (κ3) is 3.58. The van der Waals surface area contributed by atoms with Gasteiger partial charge in [-0.3, -0.25) is 9.89 Å². The van der Waals surface area contributed by atoms with Crippen LogP contribution in [0.1, 0.15) is 11.1 Å². The highest BCUT2D eigenvalue weighted by molar-refractivity contribution is 5.50. The summed E-state index contributed by atoms with van der Waals surface area (Å²) in [6.45, 7) is 6.93. The monoisotopic (exact) mass is 285 g/mol. The molecule has 0 aromatic heterocycles. The van der Waals surface area contributed by atoms with Crippen molar-refractivity contribution in [3.63, 3.8) is 0 Å². The summed E-state index contributed by atoms with van der Waals surface area (Å²) in [5, 5.41) is 0. The summed E-state index contributed by atoms with van der Waals surface area (Å²) < 4.78 is 39.3. The predicted octanol–water partition coefficient (Wildman–Crippen LogP) is 2.78. The Kier molecular flexibility index (Phi) is 4.45. The van der Waals surface area contributed by atoms with Crippen molar-refractivity contribution < 1.29 is 13.2 Å². The van der Waals surface area contributed by atoms with Crippen LogP contribution in [-0.2, 0) is 12.7 Å². The first-order chi connectivity index (χ1) is 9.40. The minimum Gasteiger partial charge on any atom is -0.304 e. The number of rotatable bonds is 3. The van der Waals surface area contributed by atoms with Crippen molar-refractivity contribution in [3.05, 3.63) is 29.3 Å². The van der Waals surface area contributed by atoms with Crippen molar-refractivity contribution in [2.75, 3.05) is 33.2 Å². The maximum Gasteiger partial charge on any atom is 0.416 e. The van der Waals surface area contributed by atoms with Crippen LogP contribution in [-0.4, -0.2) is 49.7 Å². The highest BCUT2D eigenvalue weighted by Gasteiger charge is 2.34. The largest absolute Gasteiger partial charge is 0.416 e. The lowest BCUT2D eigenvalue weighted by Gasteiger charge is -2.32. The maximum absolute atomic E-state index is 13.1. The van der Waals surface area contributed by atoms with E-state index in [1.54, 1.807) is 6.07 Å². The number of aliphatic imine (C=N–C) groups is 1. The first-order valence-electron chi connectivity index (χ1n) is 6.48. The second-order valence-corrected chi connectivity index (χ2v) is 5.08. The average Bonchev–Trinajstić information content (AvgIpc) is 2.40. The van der Waals surface area contributed by atoms with Gasteiger partial charge in [-0.2, -0.15) is 13.2 Å². The Balaban J connectivity index is 2.20. The van der Waals surface area contributed by atoms with Crippen molar-refractivity contribution in [2.45, 2.75) is 12.7 Å². The van der Waals surface area contributed by atoms with E-state index in [2.05, 4.69) is 16.6 Å². The van der Waals surface area contributed by atoms with Crippen molar-refractivity contribution in [2.24, 2.45) is 4.99 Å². The van der Waals surface area contributed by atoms with E-state index in [-0.39, 0.29) is 5.69 Å². The summed E-state index contributed by atoms with van der Waals surface area (Å²) >= 11 is 0. The number of nitrogens with zero attached hydrogens (tertiary/aromatic N) is 3. The van der Waals surface area contributed by atoms with Gasteiger partial charge < -0.3 is 4.90 Å². The number of hydrogen-bond donors (Lipinski definition) is 0. The van der Waals surface area contributed by atoms with Gasteiger partial charge in [0.25, 0.3) is 0 Å². The van der Waals surface area contributed by atoms with Gasteiger partial charge in [-0.05, 0) is 31.5 Å². The minimum atomic E-state index is -4.36. The van der Waals surface area contributed by atoms with Gasteiger partial charge in [-0.25, -0.2) is 0 Å². The standard InChI is InChI=1S/C14H18F3N3/c1-18-12-4-3-11(13(9-12)14(15,16)17)10-20-7-5-19(2)6-8-20/h3-4,9H,1,5-8,10H2,2H3. The second kappa shape index (κ2) is 5.93. The van der Waals surface area contributed by atoms with E-state index >= 15 is 0 Å². The molecule has 1 aliphatic rings. The zero-order valence-electron chi connectivity index (χ0n) is 11.5. The van der Waals surface area contributed by atoms with E-state index in [9.17, 15) is 13.2 Å². The number of hydrogen-bond acceptors (Lipinski definition) is 3. The average molecular weight is 285 g/mol. The van der Waals surface area contributed by atoms with Crippen LogP contribution in [0.15, 0.2) is 23.2 Å². The molecule has 6 heteroatoms. The number of halogens is 3. The van der Waals surface area contributed by atoms with Crippen LogP contribution in [0.3, 0.4) is 0 Å². The highest BCUT2D eigenvalue weighted by atomic mass is 19.4. The third-order valence-electron chi connectivity index (χ3n) is 3.57. The van der Waals surface area contributed by atoms with Crippen LogP contribution >= 0.6 is 0 Å². The fourth-order valence-corrected chi connectivity index (χ4v) is 2.31. The van der Waals surface area contributed by atoms with Gasteiger partial charge in [0.05, 0.1) is 11.3 Å². The van der Waals surface area contributed by atoms with Gasteiger partial charge in [-0.15, -0.1) is 0 Å². The number of benzene rings is 1. The predicted molar refractivity (Wildman–Crippen MR) is 73.4 cm³/mol. The Hall–Kier alpha value is -1.40. The molecule has 1 aromatic rings. The smallest absolute Gasteiger partial charge is 0.304 e. The summed E-state index contributed by atoms with van der Waals surface area (Å²) in [7, 11) is 2.02. The molecule has 20 heavy (non-hydrogen) atoms. The van der Waals surface area contributed by atoms with Crippen LogP contribution in [0.2, 0.25) is 0 Å². The van der Waals surface area contributed by atoms with E-state index < -0.39 is 11.7 Å². The lowest BCUT2D eigenvalue weighted by atomic mass is 10.0. The molecule has 3 nitrogen and oxygen atoms in total. The highest BCUT2D eigenvalue weighted by Crippen LogP contribution is 2.35. The van der Waals surface area contributed by atoms with Gasteiger partial charge >= 0.3 is 6.18 Å². The first-order valence-corrected chi connectivity index (χ1v) is 6.48. The van der Waals surface area contributed by atoms with Crippen molar-refractivity contribution in [1.29, 1.82) is 0 Å². The zero-order chi connectivity index (χ0) is 14.8. The van der Waals surface area contributed by atoms with E-state index in [0.29, 0.717) is 12.1 Å². The number of alkyl halides is 3. The Morgan fingerprint density at radius 3 is 2.40 bits per heavy atom. The van der Waals surface area contributed by atoms with Gasteiger partial charge in [0.15, 0.2) is 0 Å². The Morgan fingerprint density at radius 2 is 1.85 bits per heavy atom.